The number of hydrogen-bond acceptors (Lipinski definition) is 2. The summed E-state index contributed by atoms with van der Waals surface area (Å²) in [6.45, 7) is 2.44. The van der Waals surface area contributed by atoms with Crippen LogP contribution in [0.2, 0.25) is 0 Å². The number of benzene rings is 5. The van der Waals surface area contributed by atoms with Gasteiger partial charge in [0.25, 0.3) is 0 Å². The molecule has 0 saturated carbocycles. The van der Waals surface area contributed by atoms with Gasteiger partial charge in [-0.1, -0.05) is 105 Å². The molecule has 0 fully saturated rings. The van der Waals surface area contributed by atoms with Crippen LogP contribution < -0.4 is 10.9 Å². The summed E-state index contributed by atoms with van der Waals surface area (Å²) in [5, 5.41) is 8.36. The summed E-state index contributed by atoms with van der Waals surface area (Å²) >= 11 is 3.91. The maximum absolute atomic E-state index is 2.73. The first-order chi connectivity index (χ1) is 22.3. The summed E-state index contributed by atoms with van der Waals surface area (Å²) in [6.07, 6.45) is 6.25. The van der Waals surface area contributed by atoms with E-state index in [-0.39, 0.29) is 6.85 Å². The molecule has 0 spiro atoms. The second kappa shape index (κ2) is 8.90. The molecule has 2 aliphatic rings. The highest BCUT2D eigenvalue weighted by Crippen LogP contribution is 2.48. The molecule has 0 aliphatic carbocycles. The number of aryl methyl sites for hydroxylation is 1. The number of fused-ring (bicyclic) bond motifs is 14. The van der Waals surface area contributed by atoms with Crippen LogP contribution in [-0.2, 0) is 6.42 Å². The molecule has 0 amide bonds. The van der Waals surface area contributed by atoms with E-state index >= 15 is 0 Å². The maximum Gasteiger partial charge on any atom is 0.333 e. The molecule has 9 aromatic rings. The Morgan fingerprint density at radius 1 is 0.622 bits per heavy atom. The average molecular weight is 613 g/mol. The van der Waals surface area contributed by atoms with Crippen molar-refractivity contribution in [3.05, 3.63) is 103 Å². The Bertz CT molecular complexity index is 2720. The molecule has 11 rings (SSSR count). The third kappa shape index (κ3) is 3.06. The van der Waals surface area contributed by atoms with Crippen LogP contribution in [0.25, 0.3) is 79.2 Å². The third-order valence-electron chi connectivity index (χ3n) is 10.6. The Labute approximate surface area is 269 Å². The highest BCUT2D eigenvalue weighted by molar-refractivity contribution is 7.26. The summed E-state index contributed by atoms with van der Waals surface area (Å²) in [7, 11) is 0. The van der Waals surface area contributed by atoms with Crippen molar-refractivity contribution in [2.75, 3.05) is 0 Å². The van der Waals surface area contributed by atoms with Gasteiger partial charge >= 0.3 is 6.85 Å². The molecule has 45 heavy (non-hydrogen) atoms. The van der Waals surface area contributed by atoms with Crippen LogP contribution in [0.1, 0.15) is 38.2 Å². The minimum Gasteiger partial charge on any atom is -0.367 e. The summed E-state index contributed by atoms with van der Waals surface area (Å²) in [5.41, 5.74) is 11.4. The lowest BCUT2D eigenvalue weighted by Crippen LogP contribution is -2.55. The van der Waals surface area contributed by atoms with Gasteiger partial charge in [0.2, 0.25) is 0 Å². The molecule has 0 bridgehead atoms. The molecule has 0 unspecified atom stereocenters. The smallest absolute Gasteiger partial charge is 0.333 e. The zero-order valence-electron chi connectivity index (χ0n) is 25.1. The number of unbranched alkanes of at least 4 members (excludes halogenated alkanes) is 3. The Balaban J connectivity index is 1.32. The van der Waals surface area contributed by atoms with Crippen molar-refractivity contribution in [2.45, 2.75) is 39.0 Å². The van der Waals surface area contributed by atoms with E-state index in [1.807, 2.05) is 22.7 Å². The van der Waals surface area contributed by atoms with Gasteiger partial charge in [0.1, 0.15) is 4.83 Å². The summed E-state index contributed by atoms with van der Waals surface area (Å²) < 4.78 is 8.13. The normalized spacial score (nSPS) is 13.4. The molecule has 2 aliphatic heterocycles. The monoisotopic (exact) mass is 612 g/mol. The topological polar surface area (TPSA) is 9.86 Å². The fraction of sp³-hybridized carbons (Fsp3) is 0.150. The van der Waals surface area contributed by atoms with Crippen molar-refractivity contribution >= 4 is 103 Å². The van der Waals surface area contributed by atoms with Gasteiger partial charge < -0.3 is 9.05 Å². The molecule has 5 aromatic carbocycles. The van der Waals surface area contributed by atoms with Crippen LogP contribution in [0.15, 0.2) is 97.1 Å². The lowest BCUT2D eigenvalue weighted by molar-refractivity contribution is 0.667. The molecular weight excluding hydrogens is 583 g/mol. The fourth-order valence-corrected chi connectivity index (χ4v) is 11.3. The maximum atomic E-state index is 2.73. The fourth-order valence-electron chi connectivity index (χ4n) is 8.76. The van der Waals surface area contributed by atoms with E-state index in [0.29, 0.717) is 0 Å². The molecule has 0 radical (unpaired) electrons. The van der Waals surface area contributed by atoms with Crippen molar-refractivity contribution in [3.63, 3.8) is 0 Å². The van der Waals surface area contributed by atoms with Crippen molar-refractivity contribution < 1.29 is 0 Å². The standard InChI is InChI=1S/C40H29BN2S2/c1-2-3-4-5-12-23-21-29-24-15-10-16-27-35-26-14-7-9-20-33(26)45-40(35)43(37(24)27)41-30-18-11-17-28-34-25-13-6-8-19-32(25)44-39(34)42(38(28)30)31(22-23)36(29)41/h6-11,13-22H,2-5,12H2,1H3. The predicted octanol–water partition coefficient (Wildman–Crippen LogP) is 10.4. The van der Waals surface area contributed by atoms with Gasteiger partial charge in [-0.2, -0.15) is 0 Å². The molecular formula is C40H29BN2S2. The molecule has 5 heteroatoms. The van der Waals surface area contributed by atoms with Crippen molar-refractivity contribution in [1.82, 2.24) is 9.05 Å². The van der Waals surface area contributed by atoms with Crippen LogP contribution in [-0.4, -0.2) is 15.9 Å². The van der Waals surface area contributed by atoms with Gasteiger partial charge in [-0.25, -0.2) is 0 Å². The van der Waals surface area contributed by atoms with Gasteiger partial charge in [-0.3, -0.25) is 0 Å². The van der Waals surface area contributed by atoms with Crippen LogP contribution in [0, 0.1) is 0 Å². The Morgan fingerprint density at radius 3 is 2.11 bits per heavy atom. The highest BCUT2D eigenvalue weighted by atomic mass is 32.1. The van der Waals surface area contributed by atoms with Gasteiger partial charge in [-0.05, 0) is 53.1 Å². The number of rotatable bonds is 5. The van der Waals surface area contributed by atoms with Gasteiger partial charge in [-0.15, -0.1) is 22.7 Å². The third-order valence-corrected chi connectivity index (χ3v) is 12.9. The first kappa shape index (κ1) is 24.9. The SMILES string of the molecule is CCCCCCc1cc2c3c(c1)-n1c4sc5ccccc5c4c4cccc(c41)B3n1c3sc4ccccc4c3c3cccc-2c31. The van der Waals surface area contributed by atoms with E-state index in [2.05, 4.69) is 113 Å². The zero-order chi connectivity index (χ0) is 29.4. The van der Waals surface area contributed by atoms with Gasteiger partial charge in [0, 0.05) is 58.5 Å². The van der Waals surface area contributed by atoms with E-state index in [1.54, 1.807) is 0 Å². The van der Waals surface area contributed by atoms with Gasteiger partial charge in [0.15, 0.2) is 0 Å². The number of aromatic nitrogens is 2. The van der Waals surface area contributed by atoms with Crippen molar-refractivity contribution in [1.29, 1.82) is 0 Å². The molecule has 214 valence electrons. The quantitative estimate of drug-likeness (QED) is 0.135. The minimum atomic E-state index is 0.138. The lowest BCUT2D eigenvalue weighted by atomic mass is 9.45. The molecule has 0 N–H and O–H groups in total. The van der Waals surface area contributed by atoms with E-state index in [4.69, 9.17) is 0 Å². The van der Waals surface area contributed by atoms with Crippen LogP contribution in [0.4, 0.5) is 0 Å². The van der Waals surface area contributed by atoms with Crippen LogP contribution in [0.3, 0.4) is 0 Å². The number of para-hydroxylation sites is 2. The summed E-state index contributed by atoms with van der Waals surface area (Å²) in [4.78, 5) is 2.78. The Kier molecular flexibility index (Phi) is 4.93. The molecule has 6 heterocycles. The summed E-state index contributed by atoms with van der Waals surface area (Å²) in [5.74, 6) is 0. The molecule has 0 saturated heterocycles. The number of nitrogens with zero attached hydrogens (tertiary/aromatic N) is 2. The van der Waals surface area contributed by atoms with E-state index < -0.39 is 0 Å². The van der Waals surface area contributed by atoms with Crippen LogP contribution in [0.5, 0.6) is 0 Å². The van der Waals surface area contributed by atoms with Crippen molar-refractivity contribution in [3.8, 4) is 16.8 Å². The first-order valence-electron chi connectivity index (χ1n) is 16.4. The van der Waals surface area contributed by atoms with Crippen LogP contribution >= 0.6 is 22.7 Å². The highest BCUT2D eigenvalue weighted by Gasteiger charge is 2.42. The second-order valence-electron chi connectivity index (χ2n) is 13.0. The zero-order valence-corrected chi connectivity index (χ0v) is 26.7. The predicted molar refractivity (Wildman–Crippen MR) is 198 cm³/mol. The molecule has 4 aromatic heterocycles. The minimum absolute atomic E-state index is 0.138. The summed E-state index contributed by atoms with van der Waals surface area (Å²) in [6, 6.07) is 37.3. The Morgan fingerprint density at radius 2 is 1.31 bits per heavy atom. The largest absolute Gasteiger partial charge is 0.367 e. The average Bonchev–Trinajstić information content (AvgIpc) is 3.81. The second-order valence-corrected chi connectivity index (χ2v) is 15.1. The lowest BCUT2D eigenvalue weighted by Gasteiger charge is -2.34. The number of hydrogen-bond donors (Lipinski definition) is 0. The number of thiophene rings is 2. The van der Waals surface area contributed by atoms with E-state index in [0.717, 1.165) is 6.42 Å². The van der Waals surface area contributed by atoms with Gasteiger partial charge in [0.05, 0.1) is 10.3 Å². The molecule has 0 atom stereocenters. The molecule has 2 nitrogen and oxygen atoms in total. The first-order valence-corrected chi connectivity index (χ1v) is 18.0. The van der Waals surface area contributed by atoms with Crippen molar-refractivity contribution in [2.24, 2.45) is 0 Å². The van der Waals surface area contributed by atoms with E-state index in [9.17, 15) is 0 Å². The Hall–Kier alpha value is -4.32. The van der Waals surface area contributed by atoms with E-state index in [1.165, 1.54) is 121 Å².